The van der Waals surface area contributed by atoms with E-state index in [1.54, 1.807) is 13.8 Å². The van der Waals surface area contributed by atoms with Crippen molar-refractivity contribution in [3.63, 3.8) is 0 Å². The van der Waals surface area contributed by atoms with Crippen molar-refractivity contribution >= 4 is 70.6 Å². The van der Waals surface area contributed by atoms with Gasteiger partial charge >= 0.3 is 5.97 Å². The number of hydrogen-bond acceptors (Lipinski definition) is 17. The largest absolute Gasteiger partial charge is 0.508 e. The Bertz CT molecular complexity index is 2320. The number of aromatic hydroxyl groups is 1. The monoisotopic (exact) mass is 1090 g/mol. The fourth-order valence-electron chi connectivity index (χ4n) is 7.30. The van der Waals surface area contributed by atoms with Crippen LogP contribution < -0.4 is 71.2 Å². The highest BCUT2D eigenvalue weighted by molar-refractivity contribution is 6.00. The third-order valence-electron chi connectivity index (χ3n) is 11.9. The number of aliphatic hydroxyl groups excluding tert-OH is 1. The van der Waals surface area contributed by atoms with E-state index in [-0.39, 0.29) is 74.7 Å². The van der Waals surface area contributed by atoms with Crippen molar-refractivity contribution < 1.29 is 63.4 Å². The maximum Gasteiger partial charge on any atom is 0.305 e. The van der Waals surface area contributed by atoms with Gasteiger partial charge in [0.05, 0.1) is 30.5 Å². The normalized spacial score (nSPS) is 14.0. The molecule has 0 saturated heterocycles. The molecule has 2 aromatic carbocycles. The van der Waals surface area contributed by atoms with E-state index in [1.807, 2.05) is 0 Å². The van der Waals surface area contributed by atoms with Crippen molar-refractivity contribution in [1.82, 2.24) is 37.2 Å². The third kappa shape index (κ3) is 24.5. The molecule has 8 atom stereocenters. The molecule has 0 aliphatic heterocycles. The van der Waals surface area contributed by atoms with E-state index in [1.165, 1.54) is 36.4 Å². The molecule has 0 heterocycles. The number of carboxylic acids is 1. The first-order chi connectivity index (χ1) is 36.5. The van der Waals surface area contributed by atoms with Gasteiger partial charge < -0.3 is 86.5 Å². The molecular formula is C48H75N15O14. The molecule has 2 aromatic rings. The summed E-state index contributed by atoms with van der Waals surface area (Å²) in [5.74, 6) is -9.70. The molecule has 0 radical (unpaired) electrons. The number of guanidine groups is 1. The van der Waals surface area contributed by atoms with Crippen molar-refractivity contribution in [3.05, 3.63) is 64.2 Å². The Balaban J connectivity index is 2.26. The van der Waals surface area contributed by atoms with E-state index in [2.05, 4.69) is 47.5 Å². The van der Waals surface area contributed by atoms with Gasteiger partial charge in [-0.1, -0.05) is 32.4 Å². The van der Waals surface area contributed by atoms with Crippen LogP contribution in [0.25, 0.3) is 0 Å². The predicted octanol–water partition coefficient (Wildman–Crippen LogP) is -3.34. The van der Waals surface area contributed by atoms with Crippen LogP contribution in [0.2, 0.25) is 0 Å². The highest BCUT2D eigenvalue weighted by Crippen LogP contribution is 2.18. The van der Waals surface area contributed by atoms with Gasteiger partial charge in [0, 0.05) is 30.8 Å². The summed E-state index contributed by atoms with van der Waals surface area (Å²) in [6.07, 6.45) is 1.28. The zero-order valence-corrected chi connectivity index (χ0v) is 43.2. The van der Waals surface area contributed by atoms with Crippen LogP contribution in [0.4, 0.5) is 11.4 Å². The number of benzene rings is 2. The average Bonchev–Trinajstić information content (AvgIpc) is 3.38. The fourth-order valence-corrected chi connectivity index (χ4v) is 7.30. The van der Waals surface area contributed by atoms with Crippen LogP contribution in [0.1, 0.15) is 83.6 Å². The molecule has 2 rings (SSSR count). The quantitative estimate of drug-likeness (QED) is 0.0104. The number of nitrogens with two attached hydrogens (primary N) is 5. The van der Waals surface area contributed by atoms with Crippen molar-refractivity contribution in [3.8, 4) is 5.75 Å². The molecule has 0 spiro atoms. The van der Waals surface area contributed by atoms with Gasteiger partial charge in [0.15, 0.2) is 5.96 Å². The minimum absolute atomic E-state index is 0.0642. The van der Waals surface area contributed by atoms with E-state index in [9.17, 15) is 68.6 Å². The van der Waals surface area contributed by atoms with Crippen molar-refractivity contribution in [2.45, 2.75) is 127 Å². The highest BCUT2D eigenvalue weighted by Gasteiger charge is 2.35. The molecule has 0 bridgehead atoms. The van der Waals surface area contributed by atoms with E-state index in [4.69, 9.17) is 28.7 Å². The smallest absolute Gasteiger partial charge is 0.305 e. The van der Waals surface area contributed by atoms with Crippen LogP contribution >= 0.6 is 0 Å². The summed E-state index contributed by atoms with van der Waals surface area (Å²) < 4.78 is 0. The molecule has 8 amide bonds. The number of carbonyl (C=O) groups is 9. The number of non-ortho nitro benzene ring substituents is 1. The summed E-state index contributed by atoms with van der Waals surface area (Å²) in [6.45, 7) is 2.21. The number of nitro benzene ring substituents is 1. The molecule has 0 aromatic heterocycles. The number of phenolic OH excluding ortho intramolecular Hbond substituents is 1. The first kappa shape index (κ1) is 65.1. The molecule has 0 saturated carbocycles. The van der Waals surface area contributed by atoms with Gasteiger partial charge in [0.25, 0.3) is 5.69 Å². The first-order valence-electron chi connectivity index (χ1n) is 25.0. The molecule has 21 N–H and O–H groups in total. The van der Waals surface area contributed by atoms with E-state index in [0.717, 1.165) is 12.1 Å². The SMILES string of the molecule is CC[C@H](C)[C@H](NC(=O)[C@H](CC(=O)O)NC(=O)CNC(=O)[C@H](CCCCN)NC(=O)[C@@H](N)CCCN=C(N)N)C(=O)N[C@@H](CCCCN)C(=O)N[C@@H](CO)C(=O)N[C@@H](Cc1ccc(O)cc1)C(=O)Nc1ccc([N+](=O)[O-])cc1. The number of nitro groups is 1. The second-order valence-electron chi connectivity index (χ2n) is 18.0. The van der Waals surface area contributed by atoms with Gasteiger partial charge in [0.1, 0.15) is 42.0 Å². The maximum absolute atomic E-state index is 14.1. The van der Waals surface area contributed by atoms with E-state index < -0.39 is 126 Å². The predicted molar refractivity (Wildman–Crippen MR) is 281 cm³/mol. The number of amides is 8. The van der Waals surface area contributed by atoms with Gasteiger partial charge in [-0.25, -0.2) is 0 Å². The van der Waals surface area contributed by atoms with Gasteiger partial charge in [-0.05, 0) is 100 Å². The number of nitrogens with one attached hydrogen (secondary N) is 8. The van der Waals surface area contributed by atoms with Crippen LogP contribution in [-0.2, 0) is 49.6 Å². The molecule has 77 heavy (non-hydrogen) atoms. The fraction of sp³-hybridized carbons (Fsp3) is 0.542. The standard InChI is InChI=1S/C48H75N15O14/c1-3-27(2)40(62-45(73)36(24-39(67)68)57-38(66)25-55-42(70)33(10-4-6-20-49)58-41(69)32(51)9-8-22-54-48(52)53)47(75)59-34(11-5-7-21-50)43(71)61-37(26-64)46(74)60-35(23-28-12-18-31(65)19-13-28)44(72)56-29-14-16-30(17-15-29)63(76)77/h12-19,27,32-37,40,64-65H,3-11,20-26,49-51H2,1-2H3,(H,55,70)(H,56,72)(H,57,66)(H,58,69)(H,59,75)(H,60,74)(H,61,71)(H,62,73)(H,67,68)(H4,52,53,54)/t27-,32-,33-,34-,35-,36-,37-,40-/m0/s1. The topological polar surface area (TPSA) is 496 Å². The van der Waals surface area contributed by atoms with Gasteiger partial charge in [-0.2, -0.15) is 0 Å². The lowest BCUT2D eigenvalue weighted by molar-refractivity contribution is -0.384. The summed E-state index contributed by atoms with van der Waals surface area (Å²) in [5, 5.41) is 60.6. The summed E-state index contributed by atoms with van der Waals surface area (Å²) in [4.78, 5) is 135. The second kappa shape index (κ2) is 34.5. The molecule has 0 unspecified atom stereocenters. The summed E-state index contributed by atoms with van der Waals surface area (Å²) in [6, 6.07) is 0.579. The number of aliphatic hydroxyl groups is 1. The number of carbonyl (C=O) groups excluding carboxylic acids is 8. The molecular weight excluding hydrogens is 1010 g/mol. The lowest BCUT2D eigenvalue weighted by Crippen LogP contribution is -2.61. The zero-order chi connectivity index (χ0) is 57.6. The Labute approximate surface area is 444 Å². The molecule has 0 aliphatic carbocycles. The Morgan fingerprint density at radius 3 is 1.75 bits per heavy atom. The summed E-state index contributed by atoms with van der Waals surface area (Å²) in [7, 11) is 0. The Hall–Kier alpha value is -8.02. The van der Waals surface area contributed by atoms with Gasteiger partial charge in [-0.3, -0.25) is 58.3 Å². The van der Waals surface area contributed by atoms with Crippen molar-refractivity contribution in [2.75, 3.05) is 38.1 Å². The Morgan fingerprint density at radius 2 is 1.21 bits per heavy atom. The first-order valence-corrected chi connectivity index (χ1v) is 25.0. The van der Waals surface area contributed by atoms with Crippen LogP contribution in [0, 0.1) is 16.0 Å². The van der Waals surface area contributed by atoms with Crippen LogP contribution in [0.5, 0.6) is 5.75 Å². The molecule has 0 fully saturated rings. The number of aliphatic imine (C=N–C) groups is 1. The Kier molecular flexibility index (Phi) is 29.2. The molecule has 0 aliphatic rings. The van der Waals surface area contributed by atoms with Gasteiger partial charge in [0.2, 0.25) is 47.3 Å². The number of carboxylic acid groups (broad SMARTS) is 1. The number of rotatable bonds is 36. The second-order valence-corrected chi connectivity index (χ2v) is 18.0. The number of aliphatic carboxylic acids is 1. The van der Waals surface area contributed by atoms with Crippen LogP contribution in [0.15, 0.2) is 53.5 Å². The van der Waals surface area contributed by atoms with Crippen molar-refractivity contribution in [2.24, 2.45) is 39.6 Å². The van der Waals surface area contributed by atoms with Crippen LogP contribution in [0.3, 0.4) is 0 Å². The minimum atomic E-state index is -1.80. The number of hydrogen-bond donors (Lipinski definition) is 16. The van der Waals surface area contributed by atoms with Crippen LogP contribution in [-0.4, -0.2) is 155 Å². The maximum atomic E-state index is 14.1. The summed E-state index contributed by atoms with van der Waals surface area (Å²) >= 11 is 0. The van der Waals surface area contributed by atoms with Gasteiger partial charge in [-0.15, -0.1) is 0 Å². The number of unbranched alkanes of at least 4 members (excludes halogenated alkanes) is 2. The highest BCUT2D eigenvalue weighted by atomic mass is 16.6. The lowest BCUT2D eigenvalue weighted by Gasteiger charge is -2.29. The van der Waals surface area contributed by atoms with Crippen molar-refractivity contribution in [1.29, 1.82) is 0 Å². The van der Waals surface area contributed by atoms with E-state index >= 15 is 0 Å². The molecule has 426 valence electrons. The Morgan fingerprint density at radius 1 is 0.662 bits per heavy atom. The molecule has 29 heteroatoms. The van der Waals surface area contributed by atoms with E-state index in [0.29, 0.717) is 37.8 Å². The number of anilines is 1. The summed E-state index contributed by atoms with van der Waals surface area (Å²) in [5.41, 5.74) is 28.3. The minimum Gasteiger partial charge on any atom is -0.508 e. The number of nitrogens with zero attached hydrogens (tertiary/aromatic N) is 2. The average molecular weight is 1090 g/mol. The zero-order valence-electron chi connectivity index (χ0n) is 43.2. The number of phenols is 1. The molecule has 29 nitrogen and oxygen atoms in total. The lowest BCUT2D eigenvalue weighted by atomic mass is 9.96. The third-order valence-corrected chi connectivity index (χ3v) is 11.9.